The Balaban J connectivity index is 0.000000181. The average Bonchev–Trinajstić information content (AvgIpc) is 3.78. The summed E-state index contributed by atoms with van der Waals surface area (Å²) in [5.41, 5.74) is 0.214. The van der Waals surface area contributed by atoms with Crippen molar-refractivity contribution in [2.45, 2.75) is 140 Å². The average molecular weight is 922 g/mol. The molecule has 3 aliphatic heterocycles. The lowest BCUT2D eigenvalue weighted by atomic mass is 9.80. The number of Topliss-reactive ketones (excluding diaryl/α,β-unsaturated/α-hetero) is 1. The van der Waals surface area contributed by atoms with Crippen molar-refractivity contribution in [2.24, 2.45) is 11.8 Å². The Morgan fingerprint density at radius 3 is 1.49 bits per heavy atom. The molecule has 0 spiro atoms. The van der Waals surface area contributed by atoms with Crippen LogP contribution in [-0.4, -0.2) is 80.0 Å². The molecule has 0 amide bonds. The smallest absolute Gasteiger partial charge is 0.411 e. The van der Waals surface area contributed by atoms with E-state index in [1.54, 1.807) is 26.8 Å². The predicted molar refractivity (Wildman–Crippen MR) is 221 cm³/mol. The van der Waals surface area contributed by atoms with Gasteiger partial charge in [-0.25, -0.2) is 14.4 Å². The second-order valence-electron chi connectivity index (χ2n) is 17.4. The van der Waals surface area contributed by atoms with Gasteiger partial charge >= 0.3 is 18.1 Å². The zero-order valence-electron chi connectivity index (χ0n) is 35.4. The summed E-state index contributed by atoms with van der Waals surface area (Å²) in [5, 5.41) is 3.36. The Labute approximate surface area is 369 Å². The lowest BCUT2D eigenvalue weighted by Crippen LogP contribution is -2.71. The summed E-state index contributed by atoms with van der Waals surface area (Å²) >= 11 is 18.0. The highest BCUT2D eigenvalue weighted by Gasteiger charge is 2.61. The van der Waals surface area contributed by atoms with Crippen molar-refractivity contribution in [2.75, 3.05) is 27.4 Å². The number of hydrogen-bond acceptors (Lipinski definition) is 12. The maximum atomic E-state index is 13.4. The van der Waals surface area contributed by atoms with Crippen LogP contribution in [0.4, 0.5) is 13.2 Å². The number of esters is 2. The molecule has 61 heavy (non-hydrogen) atoms. The summed E-state index contributed by atoms with van der Waals surface area (Å²) in [6, 6.07) is 2.78. The molecule has 2 N–H and O–H groups in total. The lowest BCUT2D eigenvalue weighted by molar-refractivity contribution is -0.271. The number of ether oxygens (including phenoxy) is 7. The van der Waals surface area contributed by atoms with Gasteiger partial charge in [0, 0.05) is 61.2 Å². The summed E-state index contributed by atoms with van der Waals surface area (Å²) in [7, 11) is 2.61. The highest BCUT2D eigenvalue weighted by molar-refractivity contribution is 6.33. The van der Waals surface area contributed by atoms with Crippen LogP contribution in [0.5, 0.6) is 23.0 Å². The molecule has 3 aliphatic carbocycles. The molecule has 1 saturated heterocycles. The third-order valence-corrected chi connectivity index (χ3v) is 14.1. The Morgan fingerprint density at radius 1 is 0.738 bits per heavy atom. The fraction of sp³-hybridized carbons (Fsp3) is 0.651. The summed E-state index contributed by atoms with van der Waals surface area (Å²) in [6.07, 6.45) is 4.35. The van der Waals surface area contributed by atoms with E-state index >= 15 is 0 Å². The Morgan fingerprint density at radius 2 is 1.16 bits per heavy atom. The normalized spacial score (nSPS) is 27.0. The molecule has 0 radical (unpaired) electrons. The number of carbonyl (C=O) groups is 3. The molecule has 12 nitrogen and oxygen atoms in total. The van der Waals surface area contributed by atoms with E-state index in [0.29, 0.717) is 88.8 Å². The molecule has 2 aromatic rings. The first-order chi connectivity index (χ1) is 28.6. The van der Waals surface area contributed by atoms with Gasteiger partial charge in [-0.05, 0) is 102 Å². The Kier molecular flexibility index (Phi) is 14.0. The van der Waals surface area contributed by atoms with E-state index in [1.807, 2.05) is 6.92 Å². The first-order valence-corrected chi connectivity index (χ1v) is 21.7. The maximum Gasteiger partial charge on any atom is 0.411 e. The van der Waals surface area contributed by atoms with Gasteiger partial charge in [0.2, 0.25) is 0 Å². The molecule has 18 heteroatoms. The summed E-state index contributed by atoms with van der Waals surface area (Å²) < 4.78 is 79.1. The molecule has 4 fully saturated rings. The minimum atomic E-state index is -4.35. The minimum absolute atomic E-state index is 0.0468. The van der Waals surface area contributed by atoms with E-state index in [2.05, 4.69) is 17.1 Å². The van der Waals surface area contributed by atoms with Gasteiger partial charge in [0.15, 0.2) is 28.5 Å². The number of nitrogens with one attached hydrogen (secondary N) is 2. The van der Waals surface area contributed by atoms with Crippen LogP contribution in [0.25, 0.3) is 0 Å². The number of fused-ring (bicyclic) bond motifs is 2. The van der Waals surface area contributed by atoms with Crippen molar-refractivity contribution >= 4 is 52.7 Å². The van der Waals surface area contributed by atoms with Crippen LogP contribution in [0, 0.1) is 25.7 Å². The number of carbonyl (C=O) groups excluding carboxylic acids is 3. The molecular formula is C43H54Cl3F3N2O10. The zero-order valence-corrected chi connectivity index (χ0v) is 37.7. The van der Waals surface area contributed by atoms with Gasteiger partial charge in [-0.2, -0.15) is 13.2 Å². The molecule has 2 atom stereocenters. The highest BCUT2D eigenvalue weighted by Crippen LogP contribution is 2.53. The highest BCUT2D eigenvalue weighted by atomic mass is 35.5. The van der Waals surface area contributed by atoms with Gasteiger partial charge < -0.3 is 33.2 Å². The second kappa shape index (κ2) is 18.1. The van der Waals surface area contributed by atoms with E-state index in [-0.39, 0.29) is 47.4 Å². The van der Waals surface area contributed by atoms with E-state index in [0.717, 1.165) is 12.8 Å². The molecule has 6 aliphatic rings. The van der Waals surface area contributed by atoms with Crippen LogP contribution in [0.15, 0.2) is 12.1 Å². The van der Waals surface area contributed by atoms with Crippen LogP contribution in [0.1, 0.15) is 123 Å². The van der Waals surface area contributed by atoms with Crippen LogP contribution in [0.3, 0.4) is 0 Å². The van der Waals surface area contributed by atoms with Crippen LogP contribution >= 0.6 is 35.0 Å². The molecule has 0 aromatic heterocycles. The van der Waals surface area contributed by atoms with Gasteiger partial charge in [-0.15, -0.1) is 0 Å². The topological polar surface area (TPSA) is 140 Å². The number of rotatable bonds is 7. The van der Waals surface area contributed by atoms with E-state index in [4.69, 9.17) is 68.1 Å². The van der Waals surface area contributed by atoms with Crippen molar-refractivity contribution < 1.29 is 60.7 Å². The number of ketones is 1. The van der Waals surface area contributed by atoms with Crippen molar-refractivity contribution in [1.29, 1.82) is 0 Å². The van der Waals surface area contributed by atoms with Gasteiger partial charge in [0.1, 0.15) is 5.78 Å². The second-order valence-corrected chi connectivity index (χ2v) is 18.4. The Bertz CT molecular complexity index is 1990. The number of alkyl halides is 3. The molecular weight excluding hydrogens is 868 g/mol. The zero-order chi connectivity index (χ0) is 44.7. The number of methoxy groups -OCH3 is 2. The van der Waals surface area contributed by atoms with Crippen molar-refractivity contribution in [3.05, 3.63) is 44.4 Å². The monoisotopic (exact) mass is 920 g/mol. The predicted octanol–water partition coefficient (Wildman–Crippen LogP) is 9.76. The molecule has 3 saturated carbocycles. The SMILES string of the molecule is CC1(NCl)CCC1.COC(=O)c1cc(Cl)c2c(c1C)OC(C)(C1CCC(=O)CC1)O2.COC(=O)c1cc(Cl)c2c(c1C)OC(C)(C1CCC(NC3(C(F)(F)F)COC3)CC1)O2. The van der Waals surface area contributed by atoms with Gasteiger partial charge in [-0.3, -0.25) is 10.1 Å². The van der Waals surface area contributed by atoms with E-state index in [9.17, 15) is 27.6 Å². The van der Waals surface area contributed by atoms with E-state index < -0.39 is 35.2 Å². The van der Waals surface area contributed by atoms with Gasteiger partial charge in [0.05, 0.1) is 48.6 Å². The third-order valence-electron chi connectivity index (χ3n) is 13.1. The molecule has 338 valence electrons. The largest absolute Gasteiger partial charge is 0.465 e. The number of hydrogen-bond donors (Lipinski definition) is 2. The Hall–Kier alpha value is -3.21. The van der Waals surface area contributed by atoms with E-state index in [1.165, 1.54) is 39.5 Å². The van der Waals surface area contributed by atoms with Crippen molar-refractivity contribution in [3.8, 4) is 23.0 Å². The molecule has 8 rings (SSSR count). The van der Waals surface area contributed by atoms with Crippen LogP contribution < -0.4 is 29.1 Å². The first-order valence-electron chi connectivity index (χ1n) is 20.5. The van der Waals surface area contributed by atoms with Gasteiger partial charge in [-0.1, -0.05) is 23.2 Å². The molecule has 0 bridgehead atoms. The minimum Gasteiger partial charge on any atom is -0.465 e. The first kappa shape index (κ1) is 47.3. The summed E-state index contributed by atoms with van der Waals surface area (Å²) in [6.45, 7) is 8.61. The molecule has 2 unspecified atom stereocenters. The summed E-state index contributed by atoms with van der Waals surface area (Å²) in [5.74, 6) is -0.827. The quantitative estimate of drug-likeness (QED) is 0.202. The number of benzene rings is 2. The fourth-order valence-electron chi connectivity index (χ4n) is 8.72. The molecule has 3 heterocycles. The lowest BCUT2D eigenvalue weighted by Gasteiger charge is -2.47. The maximum absolute atomic E-state index is 13.4. The van der Waals surface area contributed by atoms with Gasteiger partial charge in [0.25, 0.3) is 11.6 Å². The van der Waals surface area contributed by atoms with Crippen LogP contribution in [0.2, 0.25) is 10.0 Å². The van der Waals surface area contributed by atoms with Crippen molar-refractivity contribution in [3.63, 3.8) is 0 Å². The molecule has 2 aromatic carbocycles. The van der Waals surface area contributed by atoms with Crippen molar-refractivity contribution in [1.82, 2.24) is 10.2 Å². The summed E-state index contributed by atoms with van der Waals surface area (Å²) in [4.78, 5) is 38.1. The fourth-order valence-corrected chi connectivity index (χ4v) is 9.38. The standard InChI is InChI=1S/C21H25ClF3NO5.C17H19ClO5.C5H10ClN/c1-11-14(18(27)28-3)8-15(22)17-16(11)30-19(2,31-17)12-4-6-13(7-5-12)26-20(9-29-10-20)21(23,24)25;1-9-12(16(20)21-3)8-13(18)15-14(9)22-17(2,23-15)10-4-6-11(19)7-5-10;1-5(7-6)3-2-4-5/h8,12-13,26H,4-7,9-10H2,1-3H3;8,10H,4-7H2,1-3H3;7H,2-4H2,1H3. The number of halogens is 6. The van der Waals surface area contributed by atoms with Crippen LogP contribution in [-0.2, 0) is 19.0 Å². The third kappa shape index (κ3) is 9.52.